The molecule has 16 heavy (non-hydrogen) atoms. The van der Waals surface area contributed by atoms with Crippen LogP contribution in [0.1, 0.15) is 34.1 Å². The molecule has 3 nitrogen and oxygen atoms in total. The predicted molar refractivity (Wildman–Crippen MR) is 69.7 cm³/mol. The molecule has 0 radical (unpaired) electrons. The van der Waals surface area contributed by atoms with E-state index in [2.05, 4.69) is 45.7 Å². The van der Waals surface area contributed by atoms with Crippen molar-refractivity contribution >= 4 is 0 Å². The Bertz CT molecular complexity index is 255. The molecule has 0 aliphatic carbocycles. The summed E-state index contributed by atoms with van der Waals surface area (Å²) in [6.45, 7) is 13.3. The van der Waals surface area contributed by atoms with Gasteiger partial charge in [-0.2, -0.15) is 5.90 Å². The van der Waals surface area contributed by atoms with Crippen LogP contribution in [0.25, 0.3) is 0 Å². The largest absolute Gasteiger partial charge is 0.416 e. The lowest BCUT2D eigenvalue weighted by molar-refractivity contribution is 0.161. The fraction of sp³-hybridized carbons (Fsp3) is 0.692. The number of allylic oxidation sites excluding steroid dienone is 1. The van der Waals surface area contributed by atoms with E-state index in [0.717, 1.165) is 13.0 Å². The van der Waals surface area contributed by atoms with Gasteiger partial charge in [-0.3, -0.25) is 0 Å². The van der Waals surface area contributed by atoms with Crippen molar-refractivity contribution in [1.82, 2.24) is 5.32 Å². The smallest absolute Gasteiger partial charge is 0.126 e. The third-order valence-electron chi connectivity index (χ3n) is 2.82. The number of rotatable bonds is 7. The molecule has 3 N–H and O–H groups in total. The highest BCUT2D eigenvalue weighted by Gasteiger charge is 2.28. The highest BCUT2D eigenvalue weighted by Crippen LogP contribution is 2.37. The molecule has 0 unspecified atom stereocenters. The van der Waals surface area contributed by atoms with Crippen LogP contribution < -0.4 is 11.2 Å². The van der Waals surface area contributed by atoms with Crippen LogP contribution in [0.4, 0.5) is 0 Å². The van der Waals surface area contributed by atoms with E-state index >= 15 is 0 Å². The first kappa shape index (κ1) is 15.2. The van der Waals surface area contributed by atoms with E-state index in [1.54, 1.807) is 0 Å². The van der Waals surface area contributed by atoms with Crippen molar-refractivity contribution in [1.29, 1.82) is 0 Å². The lowest BCUT2D eigenvalue weighted by atomic mass is 9.78. The number of nitrogens with one attached hydrogen (secondary N) is 1. The molecule has 3 heteroatoms. The van der Waals surface area contributed by atoms with E-state index < -0.39 is 0 Å². The minimum absolute atomic E-state index is 0.212. The zero-order valence-electron chi connectivity index (χ0n) is 11.3. The fourth-order valence-corrected chi connectivity index (χ4v) is 1.59. The van der Waals surface area contributed by atoms with Gasteiger partial charge in [-0.1, -0.05) is 32.1 Å². The molecule has 94 valence electrons. The average Bonchev–Trinajstić information content (AvgIpc) is 2.22. The Balaban J connectivity index is 4.93. The van der Waals surface area contributed by atoms with Crippen LogP contribution >= 0.6 is 0 Å². The normalized spacial score (nSPS) is 13.1. The van der Waals surface area contributed by atoms with E-state index in [9.17, 15) is 0 Å². The quantitative estimate of drug-likeness (QED) is 0.398. The second kappa shape index (κ2) is 6.71. The lowest BCUT2D eigenvalue weighted by Gasteiger charge is -2.30. The second-order valence-corrected chi connectivity index (χ2v) is 5.05. The number of nitrogens with two attached hydrogens (primary N) is 1. The topological polar surface area (TPSA) is 47.3 Å². The Morgan fingerprint density at radius 2 is 2.06 bits per heavy atom. The Hall–Kier alpha value is -0.800. The van der Waals surface area contributed by atoms with Gasteiger partial charge in [-0.05, 0) is 33.2 Å². The SMILES string of the molecule is C=C(ON)C(C)(C)/C(=C/CNC)CC(C)C. The van der Waals surface area contributed by atoms with Crippen LogP contribution in [0.3, 0.4) is 0 Å². The fourth-order valence-electron chi connectivity index (χ4n) is 1.59. The van der Waals surface area contributed by atoms with Crippen LogP contribution in [-0.2, 0) is 4.84 Å². The van der Waals surface area contributed by atoms with E-state index in [1.807, 2.05) is 7.05 Å². The number of hydrogen-bond acceptors (Lipinski definition) is 3. The third-order valence-corrected chi connectivity index (χ3v) is 2.82. The van der Waals surface area contributed by atoms with Crippen molar-refractivity contribution in [3.8, 4) is 0 Å². The molecule has 0 aliphatic rings. The summed E-state index contributed by atoms with van der Waals surface area (Å²) in [5.41, 5.74) is 1.10. The highest BCUT2D eigenvalue weighted by molar-refractivity contribution is 5.22. The molecule has 0 heterocycles. The van der Waals surface area contributed by atoms with Crippen molar-refractivity contribution in [3.63, 3.8) is 0 Å². The van der Waals surface area contributed by atoms with Gasteiger partial charge in [0.05, 0.1) is 0 Å². The number of hydrogen-bond donors (Lipinski definition) is 2. The first-order valence-electron chi connectivity index (χ1n) is 5.76. The van der Waals surface area contributed by atoms with Crippen LogP contribution in [0, 0.1) is 11.3 Å². The third kappa shape index (κ3) is 4.37. The summed E-state index contributed by atoms with van der Waals surface area (Å²) in [4.78, 5) is 4.80. The van der Waals surface area contributed by atoms with Crippen molar-refractivity contribution in [3.05, 3.63) is 24.0 Å². The van der Waals surface area contributed by atoms with Crippen LogP contribution in [-0.4, -0.2) is 13.6 Å². The minimum atomic E-state index is -0.212. The molecule has 0 rings (SSSR count). The molecule has 0 saturated heterocycles. The monoisotopic (exact) mass is 226 g/mol. The van der Waals surface area contributed by atoms with Gasteiger partial charge in [0.15, 0.2) is 0 Å². The minimum Gasteiger partial charge on any atom is -0.416 e. The maximum absolute atomic E-state index is 5.21. The molecule has 0 aliphatic heterocycles. The van der Waals surface area contributed by atoms with Gasteiger partial charge in [0, 0.05) is 12.0 Å². The standard InChI is InChI=1S/C13H26N2O/c1-10(2)9-12(7-8-15-6)13(4,5)11(3)16-14/h7,10,15H,3,8-9,14H2,1-2,4-6H3/b12-7+. The molecule has 0 bridgehead atoms. The van der Waals surface area contributed by atoms with Gasteiger partial charge < -0.3 is 10.2 Å². The van der Waals surface area contributed by atoms with Crippen LogP contribution in [0.5, 0.6) is 0 Å². The molecule has 0 saturated carbocycles. The Kier molecular flexibility index (Phi) is 6.38. The summed E-state index contributed by atoms with van der Waals surface area (Å²) >= 11 is 0. The first-order chi connectivity index (χ1) is 7.36. The van der Waals surface area contributed by atoms with Gasteiger partial charge in [-0.15, -0.1) is 0 Å². The lowest BCUT2D eigenvalue weighted by Crippen LogP contribution is -2.23. The average molecular weight is 226 g/mol. The predicted octanol–water partition coefficient (Wildman–Crippen LogP) is 2.61. The summed E-state index contributed by atoms with van der Waals surface area (Å²) in [5, 5.41) is 3.12. The Morgan fingerprint density at radius 3 is 2.44 bits per heavy atom. The summed E-state index contributed by atoms with van der Waals surface area (Å²) in [6.07, 6.45) is 3.22. The molecule has 0 spiro atoms. The zero-order valence-corrected chi connectivity index (χ0v) is 11.3. The Labute approximate surface area is 99.7 Å². The van der Waals surface area contributed by atoms with Crippen molar-refractivity contribution < 1.29 is 4.84 Å². The van der Waals surface area contributed by atoms with Crippen molar-refractivity contribution in [2.75, 3.05) is 13.6 Å². The van der Waals surface area contributed by atoms with Gasteiger partial charge in [-0.25, -0.2) is 0 Å². The van der Waals surface area contributed by atoms with Gasteiger partial charge >= 0.3 is 0 Å². The summed E-state index contributed by atoms with van der Waals surface area (Å²) in [7, 11) is 1.94. The molecule has 0 aromatic carbocycles. The van der Waals surface area contributed by atoms with E-state index in [4.69, 9.17) is 10.7 Å². The molecule has 0 aromatic heterocycles. The Morgan fingerprint density at radius 1 is 1.50 bits per heavy atom. The highest BCUT2D eigenvalue weighted by atomic mass is 16.6. The summed E-state index contributed by atoms with van der Waals surface area (Å²) < 4.78 is 0. The van der Waals surface area contributed by atoms with E-state index in [0.29, 0.717) is 11.7 Å². The van der Waals surface area contributed by atoms with Crippen LogP contribution in [0.2, 0.25) is 0 Å². The maximum Gasteiger partial charge on any atom is 0.126 e. The number of likely N-dealkylation sites (N-methyl/N-ethyl adjacent to an activating group) is 1. The molecule has 0 atom stereocenters. The van der Waals surface area contributed by atoms with E-state index in [1.165, 1.54) is 5.57 Å². The maximum atomic E-state index is 5.21. The molecular weight excluding hydrogens is 200 g/mol. The van der Waals surface area contributed by atoms with Gasteiger partial charge in [0.25, 0.3) is 0 Å². The molecule has 0 fully saturated rings. The second-order valence-electron chi connectivity index (χ2n) is 5.05. The van der Waals surface area contributed by atoms with Crippen molar-refractivity contribution in [2.45, 2.75) is 34.1 Å². The molecule has 0 aromatic rings. The first-order valence-corrected chi connectivity index (χ1v) is 5.76. The van der Waals surface area contributed by atoms with Gasteiger partial charge in [0.2, 0.25) is 0 Å². The van der Waals surface area contributed by atoms with Crippen LogP contribution in [0.15, 0.2) is 24.0 Å². The molecule has 0 amide bonds. The van der Waals surface area contributed by atoms with E-state index in [-0.39, 0.29) is 5.41 Å². The van der Waals surface area contributed by atoms with Crippen molar-refractivity contribution in [2.24, 2.45) is 17.2 Å². The zero-order chi connectivity index (χ0) is 12.8. The van der Waals surface area contributed by atoms with Gasteiger partial charge in [0.1, 0.15) is 5.76 Å². The summed E-state index contributed by atoms with van der Waals surface area (Å²) in [5.74, 6) is 6.42. The molecular formula is C13H26N2O. The summed E-state index contributed by atoms with van der Waals surface area (Å²) in [6, 6.07) is 0.